The topological polar surface area (TPSA) is 107 Å². The standard InChI is InChI=1S/C32H32BrN3O6/c1-4-9-27-25(31(38)36(35-27)24-14-12-23(13-15-24)32(39)41-5-2)16-22-17-26(33)30(28(18-22)40-3)42-20-29(37)34-19-21-10-7-6-8-11-21/h6-8,10-18H,4-5,9,19-20H2,1-3H3,(H,34,37)/b25-16+. The summed E-state index contributed by atoms with van der Waals surface area (Å²) in [6.07, 6.45) is 3.16. The normalized spacial score (nSPS) is 13.6. The third kappa shape index (κ3) is 7.44. The first-order chi connectivity index (χ1) is 20.3. The van der Waals surface area contributed by atoms with Gasteiger partial charge in [0.1, 0.15) is 0 Å². The van der Waals surface area contributed by atoms with Gasteiger partial charge in [0.2, 0.25) is 0 Å². The first kappa shape index (κ1) is 30.5. The molecule has 9 nitrogen and oxygen atoms in total. The fourth-order valence-electron chi connectivity index (χ4n) is 4.27. The highest BCUT2D eigenvalue weighted by atomic mass is 79.9. The van der Waals surface area contributed by atoms with Gasteiger partial charge in [-0.15, -0.1) is 0 Å². The molecule has 3 aromatic rings. The van der Waals surface area contributed by atoms with Crippen LogP contribution in [-0.4, -0.2) is 43.8 Å². The molecule has 0 spiro atoms. The third-order valence-electron chi connectivity index (χ3n) is 6.31. The van der Waals surface area contributed by atoms with Gasteiger partial charge in [-0.3, -0.25) is 9.59 Å². The van der Waals surface area contributed by atoms with E-state index in [2.05, 4.69) is 26.3 Å². The summed E-state index contributed by atoms with van der Waals surface area (Å²) in [4.78, 5) is 37.9. The molecule has 42 heavy (non-hydrogen) atoms. The van der Waals surface area contributed by atoms with Gasteiger partial charge >= 0.3 is 5.97 Å². The molecule has 0 radical (unpaired) electrons. The monoisotopic (exact) mass is 633 g/mol. The molecule has 0 aromatic heterocycles. The van der Waals surface area contributed by atoms with E-state index in [9.17, 15) is 14.4 Å². The number of ether oxygens (including phenoxy) is 3. The van der Waals surface area contributed by atoms with E-state index in [-0.39, 0.29) is 25.0 Å². The van der Waals surface area contributed by atoms with E-state index in [1.165, 1.54) is 12.1 Å². The molecule has 1 aliphatic heterocycles. The Morgan fingerprint density at radius 1 is 1.05 bits per heavy atom. The predicted molar refractivity (Wildman–Crippen MR) is 165 cm³/mol. The Hall–Kier alpha value is -4.44. The third-order valence-corrected chi connectivity index (χ3v) is 6.90. The van der Waals surface area contributed by atoms with E-state index in [0.717, 1.165) is 12.0 Å². The van der Waals surface area contributed by atoms with Crippen molar-refractivity contribution in [1.29, 1.82) is 0 Å². The molecule has 1 heterocycles. The zero-order valence-electron chi connectivity index (χ0n) is 23.7. The minimum Gasteiger partial charge on any atom is -0.493 e. The van der Waals surface area contributed by atoms with Crippen LogP contribution in [0, 0.1) is 0 Å². The summed E-state index contributed by atoms with van der Waals surface area (Å²) in [6, 6.07) is 19.7. The van der Waals surface area contributed by atoms with Crippen LogP contribution in [0.1, 0.15) is 48.2 Å². The SMILES string of the molecule is CCCC1=NN(c2ccc(C(=O)OCC)cc2)C(=O)/C1=C/c1cc(Br)c(OCC(=O)NCc2ccccc2)c(OC)c1. The average Bonchev–Trinajstić information content (AvgIpc) is 3.30. The van der Waals surface area contributed by atoms with E-state index in [0.29, 0.717) is 57.0 Å². The molecule has 4 rings (SSSR count). The molecule has 218 valence electrons. The van der Waals surface area contributed by atoms with Crippen LogP contribution in [0.25, 0.3) is 6.08 Å². The lowest BCUT2D eigenvalue weighted by Crippen LogP contribution is -2.28. The van der Waals surface area contributed by atoms with Crippen molar-refractivity contribution in [2.75, 3.05) is 25.3 Å². The molecular formula is C32H32BrN3O6. The number of benzene rings is 3. The molecular weight excluding hydrogens is 602 g/mol. The van der Waals surface area contributed by atoms with Crippen molar-refractivity contribution in [3.63, 3.8) is 0 Å². The number of anilines is 1. The van der Waals surface area contributed by atoms with E-state index in [1.807, 2.05) is 37.3 Å². The highest BCUT2D eigenvalue weighted by Gasteiger charge is 2.31. The molecule has 3 aromatic carbocycles. The molecule has 1 N–H and O–H groups in total. The van der Waals surface area contributed by atoms with Crippen LogP contribution in [0.4, 0.5) is 5.69 Å². The summed E-state index contributed by atoms with van der Waals surface area (Å²) in [7, 11) is 1.51. The Kier molecular flexibility index (Phi) is 10.5. The van der Waals surface area contributed by atoms with Crippen LogP contribution in [0.2, 0.25) is 0 Å². The summed E-state index contributed by atoms with van der Waals surface area (Å²) in [5.74, 6) is -0.206. The minimum absolute atomic E-state index is 0.196. The largest absolute Gasteiger partial charge is 0.493 e. The van der Waals surface area contributed by atoms with Gasteiger partial charge in [-0.05, 0) is 82.9 Å². The molecule has 10 heteroatoms. The number of hydrogen-bond donors (Lipinski definition) is 1. The summed E-state index contributed by atoms with van der Waals surface area (Å²) < 4.78 is 17.0. The second-order valence-corrected chi connectivity index (χ2v) is 10.2. The van der Waals surface area contributed by atoms with Crippen molar-refractivity contribution in [3.8, 4) is 11.5 Å². The van der Waals surface area contributed by atoms with Gasteiger partial charge in [0.15, 0.2) is 18.1 Å². The van der Waals surface area contributed by atoms with Crippen LogP contribution >= 0.6 is 15.9 Å². The van der Waals surface area contributed by atoms with E-state index in [1.54, 1.807) is 49.4 Å². The molecule has 1 aliphatic rings. The van der Waals surface area contributed by atoms with Gasteiger partial charge in [-0.1, -0.05) is 43.7 Å². The number of carbonyl (C=O) groups excluding carboxylic acids is 3. The Morgan fingerprint density at radius 2 is 1.79 bits per heavy atom. The van der Waals surface area contributed by atoms with E-state index < -0.39 is 5.97 Å². The molecule has 0 bridgehead atoms. The van der Waals surface area contributed by atoms with E-state index in [4.69, 9.17) is 14.2 Å². The lowest BCUT2D eigenvalue weighted by molar-refractivity contribution is -0.123. The smallest absolute Gasteiger partial charge is 0.338 e. The average molecular weight is 635 g/mol. The van der Waals surface area contributed by atoms with Crippen molar-refractivity contribution in [3.05, 3.63) is 93.5 Å². The molecule has 0 saturated carbocycles. The zero-order valence-corrected chi connectivity index (χ0v) is 25.3. The Balaban J connectivity index is 1.51. The number of halogens is 1. The maximum atomic E-state index is 13.5. The van der Waals surface area contributed by atoms with Crippen LogP contribution in [0.3, 0.4) is 0 Å². The molecule has 0 aliphatic carbocycles. The maximum absolute atomic E-state index is 13.5. The number of methoxy groups -OCH3 is 1. The molecule has 2 amide bonds. The van der Waals surface area contributed by atoms with Crippen molar-refractivity contribution < 1.29 is 28.6 Å². The number of esters is 1. The fraction of sp³-hybridized carbons (Fsp3) is 0.250. The Labute approximate surface area is 253 Å². The number of carbonyl (C=O) groups is 3. The fourth-order valence-corrected chi connectivity index (χ4v) is 4.84. The van der Waals surface area contributed by atoms with Gasteiger partial charge in [0.25, 0.3) is 11.8 Å². The maximum Gasteiger partial charge on any atom is 0.338 e. The van der Waals surface area contributed by atoms with Gasteiger partial charge in [-0.25, -0.2) is 4.79 Å². The van der Waals surface area contributed by atoms with Gasteiger partial charge in [0, 0.05) is 6.54 Å². The quantitative estimate of drug-likeness (QED) is 0.196. The summed E-state index contributed by atoms with van der Waals surface area (Å²) in [6.45, 7) is 4.24. The van der Waals surface area contributed by atoms with Crippen molar-refractivity contribution in [1.82, 2.24) is 5.32 Å². The van der Waals surface area contributed by atoms with Crippen LogP contribution in [0.15, 0.2) is 81.9 Å². The summed E-state index contributed by atoms with van der Waals surface area (Å²) in [5.41, 5.74) is 3.72. The number of hydrazone groups is 1. The van der Waals surface area contributed by atoms with Crippen LogP contribution < -0.4 is 19.8 Å². The molecule has 0 fully saturated rings. The molecule has 0 atom stereocenters. The highest BCUT2D eigenvalue weighted by Crippen LogP contribution is 2.38. The molecule has 0 unspecified atom stereocenters. The number of rotatable bonds is 12. The van der Waals surface area contributed by atoms with Crippen LogP contribution in [-0.2, 0) is 20.9 Å². The number of nitrogens with one attached hydrogen (secondary N) is 1. The Bertz CT molecular complexity index is 1500. The lowest BCUT2D eigenvalue weighted by Gasteiger charge is -2.14. The first-order valence-corrected chi connectivity index (χ1v) is 14.4. The number of hydrogen-bond acceptors (Lipinski definition) is 7. The minimum atomic E-state index is -0.424. The summed E-state index contributed by atoms with van der Waals surface area (Å²) in [5, 5.41) is 8.76. The zero-order chi connectivity index (χ0) is 30.1. The predicted octanol–water partition coefficient (Wildman–Crippen LogP) is 5.92. The summed E-state index contributed by atoms with van der Waals surface area (Å²) >= 11 is 3.52. The van der Waals surface area contributed by atoms with Crippen molar-refractivity contribution in [2.45, 2.75) is 33.2 Å². The highest BCUT2D eigenvalue weighted by molar-refractivity contribution is 9.10. The van der Waals surface area contributed by atoms with Gasteiger partial charge in [0.05, 0.1) is 40.7 Å². The first-order valence-electron chi connectivity index (χ1n) is 13.6. The van der Waals surface area contributed by atoms with Gasteiger partial charge in [-0.2, -0.15) is 10.1 Å². The second-order valence-electron chi connectivity index (χ2n) is 9.32. The van der Waals surface area contributed by atoms with Gasteiger partial charge < -0.3 is 19.5 Å². The number of nitrogens with zero attached hydrogens (tertiary/aromatic N) is 2. The van der Waals surface area contributed by atoms with Crippen LogP contribution in [0.5, 0.6) is 11.5 Å². The lowest BCUT2D eigenvalue weighted by atomic mass is 10.0. The van der Waals surface area contributed by atoms with Crippen molar-refractivity contribution in [2.24, 2.45) is 5.10 Å². The molecule has 0 saturated heterocycles. The van der Waals surface area contributed by atoms with Crippen molar-refractivity contribution >= 4 is 51.2 Å². The van der Waals surface area contributed by atoms with E-state index >= 15 is 0 Å². The second kappa shape index (κ2) is 14.5. The Morgan fingerprint density at radius 3 is 2.45 bits per heavy atom. The number of amides is 2.